The van der Waals surface area contributed by atoms with Crippen molar-refractivity contribution in [2.75, 3.05) is 6.61 Å². The third kappa shape index (κ3) is 3.51. The Kier molecular flexibility index (Phi) is 5.52. The number of aliphatic hydroxyl groups excluding tert-OH is 1. The van der Waals surface area contributed by atoms with Crippen molar-refractivity contribution in [2.45, 2.75) is 6.54 Å². The van der Waals surface area contributed by atoms with Gasteiger partial charge in [0, 0.05) is 5.56 Å². The van der Waals surface area contributed by atoms with E-state index in [0.717, 1.165) is 5.69 Å². The van der Waals surface area contributed by atoms with Crippen LogP contribution in [-0.2, 0) is 6.54 Å². The predicted octanol–water partition coefficient (Wildman–Crippen LogP) is -0.572. The fraction of sp³-hybridized carbons (Fsp3) is 0.118. The minimum atomic E-state index is 0. The lowest BCUT2D eigenvalue weighted by atomic mass is 10.0. The fourth-order valence-corrected chi connectivity index (χ4v) is 2.35. The largest absolute Gasteiger partial charge is 1.00 e. The first-order chi connectivity index (χ1) is 9.88. The standard InChI is InChI=1S/C17H17N2O.HI/c20-13-12-18-10-11-19(14-18)17-9-5-4-8-16(17)15-6-2-1-3-7-15;/h1-11,14,20H,12-13H2;1H/q+1;/p-1. The number of hydrogen-bond donors (Lipinski definition) is 1. The summed E-state index contributed by atoms with van der Waals surface area (Å²) in [5.74, 6) is 0. The Morgan fingerprint density at radius 2 is 1.67 bits per heavy atom. The second kappa shape index (κ2) is 7.38. The maximum atomic E-state index is 9.00. The van der Waals surface area contributed by atoms with Crippen LogP contribution in [0.25, 0.3) is 16.8 Å². The summed E-state index contributed by atoms with van der Waals surface area (Å²) in [5, 5.41) is 9.00. The van der Waals surface area contributed by atoms with Gasteiger partial charge in [0.25, 0.3) is 0 Å². The van der Waals surface area contributed by atoms with Crippen LogP contribution in [0.1, 0.15) is 0 Å². The van der Waals surface area contributed by atoms with Gasteiger partial charge in [-0.05, 0) is 11.6 Å². The summed E-state index contributed by atoms with van der Waals surface area (Å²) in [6.45, 7) is 0.759. The van der Waals surface area contributed by atoms with E-state index >= 15 is 0 Å². The van der Waals surface area contributed by atoms with Crippen LogP contribution >= 0.6 is 0 Å². The van der Waals surface area contributed by atoms with Gasteiger partial charge in [0.2, 0.25) is 6.33 Å². The van der Waals surface area contributed by atoms with Crippen LogP contribution in [0, 0.1) is 0 Å². The van der Waals surface area contributed by atoms with Crippen molar-refractivity contribution in [3.8, 4) is 16.8 Å². The van der Waals surface area contributed by atoms with E-state index in [4.69, 9.17) is 5.11 Å². The SMILES string of the molecule is OCC[n+]1ccn(-c2ccccc2-c2ccccc2)c1.[I-]. The molecule has 1 N–H and O–H groups in total. The van der Waals surface area contributed by atoms with E-state index in [2.05, 4.69) is 34.9 Å². The van der Waals surface area contributed by atoms with E-state index < -0.39 is 0 Å². The maximum absolute atomic E-state index is 9.00. The molecular weight excluding hydrogens is 375 g/mol. The van der Waals surface area contributed by atoms with Crippen molar-refractivity contribution < 1.29 is 33.7 Å². The number of hydrogen-bond acceptors (Lipinski definition) is 1. The van der Waals surface area contributed by atoms with Crippen molar-refractivity contribution in [1.29, 1.82) is 0 Å². The van der Waals surface area contributed by atoms with Crippen LogP contribution in [0.2, 0.25) is 0 Å². The molecule has 108 valence electrons. The summed E-state index contributed by atoms with van der Waals surface area (Å²) in [6.07, 6.45) is 5.98. The fourth-order valence-electron chi connectivity index (χ4n) is 2.35. The second-order valence-electron chi connectivity index (χ2n) is 4.67. The first-order valence-corrected chi connectivity index (χ1v) is 6.71. The summed E-state index contributed by atoms with van der Waals surface area (Å²) >= 11 is 0. The lowest BCUT2D eigenvalue weighted by Gasteiger charge is -2.05. The van der Waals surface area contributed by atoms with Crippen LogP contribution < -0.4 is 28.5 Å². The molecule has 0 saturated heterocycles. The molecule has 0 aliphatic heterocycles. The number of aromatic nitrogens is 2. The zero-order chi connectivity index (χ0) is 13.8. The predicted molar refractivity (Wildman–Crippen MR) is 78.5 cm³/mol. The van der Waals surface area contributed by atoms with E-state index in [1.807, 2.05) is 47.6 Å². The average Bonchev–Trinajstić information content (AvgIpc) is 2.97. The average molecular weight is 392 g/mol. The molecule has 0 aliphatic rings. The van der Waals surface area contributed by atoms with Gasteiger partial charge >= 0.3 is 0 Å². The van der Waals surface area contributed by atoms with Gasteiger partial charge < -0.3 is 29.1 Å². The van der Waals surface area contributed by atoms with Gasteiger partial charge in [-0.2, -0.15) is 0 Å². The molecule has 1 heterocycles. The van der Waals surface area contributed by atoms with Gasteiger partial charge in [0.1, 0.15) is 24.6 Å². The van der Waals surface area contributed by atoms with Gasteiger partial charge in [-0.15, -0.1) is 0 Å². The van der Waals surface area contributed by atoms with Crippen molar-refractivity contribution in [1.82, 2.24) is 4.57 Å². The highest BCUT2D eigenvalue weighted by molar-refractivity contribution is 5.72. The lowest BCUT2D eigenvalue weighted by molar-refractivity contribution is -0.697. The molecule has 0 bridgehead atoms. The molecule has 0 aliphatic carbocycles. The van der Waals surface area contributed by atoms with E-state index in [1.165, 1.54) is 11.1 Å². The van der Waals surface area contributed by atoms with Crippen LogP contribution in [-0.4, -0.2) is 16.3 Å². The number of rotatable bonds is 4. The van der Waals surface area contributed by atoms with Crippen LogP contribution in [0.15, 0.2) is 73.3 Å². The third-order valence-electron chi connectivity index (χ3n) is 3.32. The number of para-hydroxylation sites is 1. The Hall–Kier alpha value is -1.66. The molecule has 4 heteroatoms. The summed E-state index contributed by atoms with van der Waals surface area (Å²) < 4.78 is 4.06. The van der Waals surface area contributed by atoms with Gasteiger partial charge in [0.15, 0.2) is 0 Å². The van der Waals surface area contributed by atoms with Crippen molar-refractivity contribution in [3.05, 3.63) is 73.3 Å². The number of nitrogens with zero attached hydrogens (tertiary/aromatic N) is 2. The molecule has 1 aromatic heterocycles. The van der Waals surface area contributed by atoms with Crippen LogP contribution in [0.4, 0.5) is 0 Å². The molecule has 0 fully saturated rings. The molecule has 0 spiro atoms. The van der Waals surface area contributed by atoms with Crippen LogP contribution in [0.5, 0.6) is 0 Å². The number of imidazole rings is 1. The van der Waals surface area contributed by atoms with Gasteiger partial charge in [0.05, 0.1) is 6.61 Å². The minimum absolute atomic E-state index is 0. The number of aliphatic hydroxyl groups is 1. The molecule has 0 amide bonds. The molecule has 3 nitrogen and oxygen atoms in total. The quantitative estimate of drug-likeness (QED) is 0.468. The molecule has 0 radical (unpaired) electrons. The first kappa shape index (κ1) is 15.7. The number of benzene rings is 2. The second-order valence-corrected chi connectivity index (χ2v) is 4.67. The molecule has 3 rings (SSSR count). The molecule has 2 aromatic carbocycles. The zero-order valence-electron chi connectivity index (χ0n) is 11.6. The summed E-state index contributed by atoms with van der Waals surface area (Å²) in [5.41, 5.74) is 3.53. The molecule has 3 aromatic rings. The van der Waals surface area contributed by atoms with E-state index in [-0.39, 0.29) is 30.6 Å². The highest BCUT2D eigenvalue weighted by Crippen LogP contribution is 2.25. The van der Waals surface area contributed by atoms with E-state index in [0.29, 0.717) is 6.54 Å². The smallest absolute Gasteiger partial charge is 0.249 e. The molecular formula is C17H17IN2O. The van der Waals surface area contributed by atoms with Crippen molar-refractivity contribution in [3.63, 3.8) is 0 Å². The van der Waals surface area contributed by atoms with Gasteiger partial charge in [-0.1, -0.05) is 48.5 Å². The zero-order valence-corrected chi connectivity index (χ0v) is 13.7. The Morgan fingerprint density at radius 3 is 2.43 bits per heavy atom. The summed E-state index contributed by atoms with van der Waals surface area (Å²) in [7, 11) is 0. The lowest BCUT2D eigenvalue weighted by Crippen LogP contribution is -3.00. The third-order valence-corrected chi connectivity index (χ3v) is 3.32. The Bertz CT molecular complexity index is 695. The van der Waals surface area contributed by atoms with E-state index in [9.17, 15) is 0 Å². The van der Waals surface area contributed by atoms with Crippen molar-refractivity contribution >= 4 is 0 Å². The highest BCUT2D eigenvalue weighted by atomic mass is 127. The number of halogens is 1. The molecule has 0 atom stereocenters. The summed E-state index contributed by atoms with van der Waals surface area (Å²) in [6, 6.07) is 18.7. The highest BCUT2D eigenvalue weighted by Gasteiger charge is 2.11. The van der Waals surface area contributed by atoms with E-state index in [1.54, 1.807) is 0 Å². The van der Waals surface area contributed by atoms with Crippen molar-refractivity contribution in [2.24, 2.45) is 0 Å². The normalized spacial score (nSPS) is 10.1. The minimum Gasteiger partial charge on any atom is -1.00 e. The Balaban J connectivity index is 0.00000161. The van der Waals surface area contributed by atoms with Gasteiger partial charge in [-0.3, -0.25) is 0 Å². The molecule has 0 saturated carbocycles. The Morgan fingerprint density at radius 1 is 0.952 bits per heavy atom. The van der Waals surface area contributed by atoms with Gasteiger partial charge in [-0.25, -0.2) is 9.13 Å². The maximum Gasteiger partial charge on any atom is 0.249 e. The molecule has 0 unspecified atom stereocenters. The first-order valence-electron chi connectivity index (χ1n) is 6.71. The topological polar surface area (TPSA) is 29.0 Å². The Labute approximate surface area is 141 Å². The van der Waals surface area contributed by atoms with Crippen LogP contribution in [0.3, 0.4) is 0 Å². The summed E-state index contributed by atoms with van der Waals surface area (Å²) in [4.78, 5) is 0. The molecule has 21 heavy (non-hydrogen) atoms. The monoisotopic (exact) mass is 392 g/mol.